The zero-order valence-electron chi connectivity index (χ0n) is 10.3. The summed E-state index contributed by atoms with van der Waals surface area (Å²) in [6.45, 7) is 0. The molecule has 0 fully saturated rings. The Balaban J connectivity index is 2.25. The number of nitrogens with two attached hydrogens (primary N) is 1. The minimum Gasteiger partial charge on any atom is -0.496 e. The summed E-state index contributed by atoms with van der Waals surface area (Å²) in [6, 6.07) is 8.13. The van der Waals surface area contributed by atoms with Crippen LogP contribution in [-0.4, -0.2) is 7.11 Å². The molecule has 1 atom stereocenters. The molecule has 0 bridgehead atoms. The molecule has 0 spiro atoms. The van der Waals surface area contributed by atoms with Gasteiger partial charge in [0.1, 0.15) is 5.75 Å². The van der Waals surface area contributed by atoms with E-state index in [0.29, 0.717) is 0 Å². The number of ether oxygens (including phenoxy) is 1. The van der Waals surface area contributed by atoms with Crippen LogP contribution in [0.4, 0.5) is 0 Å². The largest absolute Gasteiger partial charge is 0.496 e. The molecule has 6 heteroatoms. The Kier molecular flexibility index (Phi) is 5.41. The highest BCUT2D eigenvalue weighted by Crippen LogP contribution is 2.30. The van der Waals surface area contributed by atoms with Crippen molar-refractivity contribution in [2.75, 3.05) is 7.11 Å². The average Bonchev–Trinajstić information content (AvgIpc) is 2.82. The van der Waals surface area contributed by atoms with Gasteiger partial charge in [0.05, 0.1) is 16.9 Å². The topological polar surface area (TPSA) is 47.3 Å². The van der Waals surface area contributed by atoms with Crippen LogP contribution in [-0.2, 0) is 6.42 Å². The van der Waals surface area contributed by atoms with Gasteiger partial charge >= 0.3 is 0 Å². The normalized spacial score (nSPS) is 12.4. The van der Waals surface area contributed by atoms with Crippen LogP contribution < -0.4 is 16.0 Å². The number of thiophene rings is 1. The molecule has 0 aliphatic carbocycles. The third-order valence-electron chi connectivity index (χ3n) is 2.86. The number of hydrogen-bond donors (Lipinski definition) is 2. The molecule has 102 valence electrons. The third-order valence-corrected chi connectivity index (χ3v) is 4.87. The highest BCUT2D eigenvalue weighted by molar-refractivity contribution is 9.11. The summed E-state index contributed by atoms with van der Waals surface area (Å²) < 4.78 is 7.52. The number of benzene rings is 1. The lowest BCUT2D eigenvalue weighted by atomic mass is 10.0. The maximum absolute atomic E-state index is 5.68. The summed E-state index contributed by atoms with van der Waals surface area (Å²) in [5.41, 5.74) is 5.15. The first-order chi connectivity index (χ1) is 9.13. The minimum absolute atomic E-state index is 0.0609. The van der Waals surface area contributed by atoms with E-state index >= 15 is 0 Å². The van der Waals surface area contributed by atoms with Gasteiger partial charge in [0.25, 0.3) is 0 Å². The van der Waals surface area contributed by atoms with E-state index in [1.165, 1.54) is 5.56 Å². The van der Waals surface area contributed by atoms with Gasteiger partial charge in [-0.25, -0.2) is 0 Å². The SMILES string of the molecule is COc1ccc(Br)cc1CC(NN)c1csc(Br)c1. The minimum atomic E-state index is 0.0609. The highest BCUT2D eigenvalue weighted by atomic mass is 79.9. The van der Waals surface area contributed by atoms with Gasteiger partial charge in [0.15, 0.2) is 0 Å². The monoisotopic (exact) mass is 404 g/mol. The van der Waals surface area contributed by atoms with E-state index in [0.717, 1.165) is 26.0 Å². The lowest BCUT2D eigenvalue weighted by Crippen LogP contribution is -2.29. The van der Waals surface area contributed by atoms with Crippen molar-refractivity contribution in [2.45, 2.75) is 12.5 Å². The molecule has 1 unspecified atom stereocenters. The maximum atomic E-state index is 5.68. The van der Waals surface area contributed by atoms with Crippen LogP contribution in [0.25, 0.3) is 0 Å². The quantitative estimate of drug-likeness (QED) is 0.583. The van der Waals surface area contributed by atoms with E-state index in [-0.39, 0.29) is 6.04 Å². The summed E-state index contributed by atoms with van der Waals surface area (Å²) in [5.74, 6) is 6.55. The lowest BCUT2D eigenvalue weighted by molar-refractivity contribution is 0.405. The first-order valence-corrected chi connectivity index (χ1v) is 8.13. The molecular formula is C13H14Br2N2OS. The van der Waals surface area contributed by atoms with Gasteiger partial charge in [-0.2, -0.15) is 0 Å². The van der Waals surface area contributed by atoms with Crippen LogP contribution in [0.3, 0.4) is 0 Å². The predicted molar refractivity (Wildman–Crippen MR) is 86.5 cm³/mol. The van der Waals surface area contributed by atoms with Crippen LogP contribution in [0.5, 0.6) is 5.75 Å². The number of nitrogens with one attached hydrogen (secondary N) is 1. The molecule has 1 aromatic carbocycles. The second-order valence-corrected chi connectivity index (χ2v) is 7.27. The van der Waals surface area contributed by atoms with Crippen LogP contribution in [0.2, 0.25) is 0 Å². The standard InChI is InChI=1S/C13H14Br2N2OS/c1-18-12-3-2-10(14)4-8(12)5-11(17-16)9-6-13(15)19-7-9/h2-4,6-7,11,17H,5,16H2,1H3. The van der Waals surface area contributed by atoms with Crippen molar-refractivity contribution >= 4 is 43.2 Å². The van der Waals surface area contributed by atoms with E-state index < -0.39 is 0 Å². The maximum Gasteiger partial charge on any atom is 0.122 e. The fourth-order valence-electron chi connectivity index (χ4n) is 1.91. The molecule has 0 aliphatic heterocycles. The molecule has 0 aliphatic rings. The zero-order chi connectivity index (χ0) is 13.8. The van der Waals surface area contributed by atoms with Crippen molar-refractivity contribution in [1.82, 2.24) is 5.43 Å². The molecule has 3 N–H and O–H groups in total. The molecule has 2 aromatic rings. The molecule has 0 saturated carbocycles. The van der Waals surface area contributed by atoms with E-state index in [1.54, 1.807) is 18.4 Å². The van der Waals surface area contributed by atoms with Crippen LogP contribution in [0, 0.1) is 0 Å². The molecule has 19 heavy (non-hydrogen) atoms. The Morgan fingerprint density at radius 2 is 2.16 bits per heavy atom. The molecule has 2 rings (SSSR count). The third kappa shape index (κ3) is 3.79. The van der Waals surface area contributed by atoms with Gasteiger partial charge in [0.2, 0.25) is 0 Å². The predicted octanol–water partition coefficient (Wildman–Crippen LogP) is 4.03. The summed E-state index contributed by atoms with van der Waals surface area (Å²) in [5, 5.41) is 2.10. The van der Waals surface area contributed by atoms with Gasteiger partial charge in [-0.1, -0.05) is 15.9 Å². The van der Waals surface area contributed by atoms with E-state index in [9.17, 15) is 0 Å². The van der Waals surface area contributed by atoms with Crippen molar-refractivity contribution in [3.05, 3.63) is 49.0 Å². The Morgan fingerprint density at radius 1 is 1.37 bits per heavy atom. The second-order valence-electron chi connectivity index (χ2n) is 4.06. The number of halogens is 2. The second kappa shape index (κ2) is 6.85. The van der Waals surface area contributed by atoms with Gasteiger partial charge in [-0.3, -0.25) is 11.3 Å². The molecule has 3 nitrogen and oxygen atoms in total. The fraction of sp³-hybridized carbons (Fsp3) is 0.231. The molecule has 1 heterocycles. The number of hydrogen-bond acceptors (Lipinski definition) is 4. The van der Waals surface area contributed by atoms with E-state index in [4.69, 9.17) is 10.6 Å². The summed E-state index contributed by atoms with van der Waals surface area (Å²) >= 11 is 8.61. The smallest absolute Gasteiger partial charge is 0.122 e. The Bertz CT molecular complexity index is 559. The van der Waals surface area contributed by atoms with E-state index in [1.807, 2.05) is 12.1 Å². The number of hydrazine groups is 1. The van der Waals surface area contributed by atoms with Crippen molar-refractivity contribution in [3.63, 3.8) is 0 Å². The number of rotatable bonds is 5. The molecule has 0 radical (unpaired) electrons. The highest BCUT2D eigenvalue weighted by Gasteiger charge is 2.15. The first kappa shape index (κ1) is 15.0. The van der Waals surface area contributed by atoms with Crippen molar-refractivity contribution in [3.8, 4) is 5.75 Å². The lowest BCUT2D eigenvalue weighted by Gasteiger charge is -2.17. The van der Waals surface area contributed by atoms with Gasteiger partial charge in [0, 0.05) is 4.47 Å². The Morgan fingerprint density at radius 3 is 2.74 bits per heavy atom. The summed E-state index contributed by atoms with van der Waals surface area (Å²) in [4.78, 5) is 0. The van der Waals surface area contributed by atoms with Crippen molar-refractivity contribution in [2.24, 2.45) is 5.84 Å². The summed E-state index contributed by atoms with van der Waals surface area (Å²) in [6.07, 6.45) is 0.766. The zero-order valence-corrected chi connectivity index (χ0v) is 14.3. The van der Waals surface area contributed by atoms with Crippen LogP contribution in [0.15, 0.2) is 37.9 Å². The van der Waals surface area contributed by atoms with Crippen LogP contribution >= 0.6 is 43.2 Å². The fourth-order valence-corrected chi connectivity index (χ4v) is 3.54. The molecule has 1 aromatic heterocycles. The van der Waals surface area contributed by atoms with Gasteiger partial charge in [-0.05, 0) is 63.1 Å². The van der Waals surface area contributed by atoms with Crippen molar-refractivity contribution in [1.29, 1.82) is 0 Å². The Hall–Kier alpha value is -0.400. The molecular weight excluding hydrogens is 392 g/mol. The van der Waals surface area contributed by atoms with Gasteiger partial charge < -0.3 is 4.74 Å². The Labute approximate surface area is 133 Å². The van der Waals surface area contributed by atoms with Crippen molar-refractivity contribution < 1.29 is 4.74 Å². The van der Waals surface area contributed by atoms with Gasteiger partial charge in [-0.15, -0.1) is 11.3 Å². The van der Waals surface area contributed by atoms with E-state index in [2.05, 4.69) is 54.8 Å². The first-order valence-electron chi connectivity index (χ1n) is 5.66. The number of methoxy groups -OCH3 is 1. The summed E-state index contributed by atoms with van der Waals surface area (Å²) in [7, 11) is 1.68. The van der Waals surface area contributed by atoms with Crippen LogP contribution in [0.1, 0.15) is 17.2 Å². The average molecular weight is 406 g/mol. The molecule has 0 amide bonds. The molecule has 0 saturated heterocycles.